The van der Waals surface area contributed by atoms with E-state index in [2.05, 4.69) is 4.98 Å². The van der Waals surface area contributed by atoms with E-state index < -0.39 is 0 Å². The minimum Gasteiger partial charge on any atom is -0.375 e. The summed E-state index contributed by atoms with van der Waals surface area (Å²) < 4.78 is 13.9. The van der Waals surface area contributed by atoms with E-state index in [9.17, 15) is 4.39 Å². The molecule has 0 spiro atoms. The summed E-state index contributed by atoms with van der Waals surface area (Å²) in [5.41, 5.74) is 8.12. The van der Waals surface area contributed by atoms with Crippen molar-refractivity contribution in [1.82, 2.24) is 4.98 Å². The van der Waals surface area contributed by atoms with Gasteiger partial charge in [0.1, 0.15) is 5.82 Å². The number of nitrogens with two attached hydrogens (primary N) is 1. The van der Waals surface area contributed by atoms with Crippen LogP contribution in [0.3, 0.4) is 0 Å². The van der Waals surface area contributed by atoms with Crippen molar-refractivity contribution in [2.75, 3.05) is 5.73 Å². The monoisotopic (exact) mass is 284 g/mol. The minimum absolute atomic E-state index is 0.271. The molecule has 2 nitrogen and oxygen atoms in total. The lowest BCUT2D eigenvalue weighted by Gasteiger charge is -2.04. The van der Waals surface area contributed by atoms with Crippen LogP contribution in [0.2, 0.25) is 0 Å². The summed E-state index contributed by atoms with van der Waals surface area (Å²) in [6.45, 7) is 0. The van der Waals surface area contributed by atoms with Crippen molar-refractivity contribution in [1.29, 1.82) is 0 Å². The standard InChI is InChI=1S/C16H13FN2S/c17-13-9-5-4-8-12(13)15-14(20-16(18)19-15)10-11-6-2-1-3-7-11/h1-9H,10H2,(H2,18,19). The van der Waals surface area contributed by atoms with E-state index in [0.29, 0.717) is 22.8 Å². The van der Waals surface area contributed by atoms with Gasteiger partial charge >= 0.3 is 0 Å². The Kier molecular flexibility index (Phi) is 3.48. The van der Waals surface area contributed by atoms with Crippen LogP contribution in [0.4, 0.5) is 9.52 Å². The van der Waals surface area contributed by atoms with Crippen molar-refractivity contribution in [3.8, 4) is 11.3 Å². The van der Waals surface area contributed by atoms with Crippen LogP contribution in [0.5, 0.6) is 0 Å². The summed E-state index contributed by atoms with van der Waals surface area (Å²) in [5.74, 6) is -0.271. The van der Waals surface area contributed by atoms with Gasteiger partial charge < -0.3 is 5.73 Å². The van der Waals surface area contributed by atoms with Gasteiger partial charge in [0.25, 0.3) is 0 Å². The number of benzene rings is 2. The number of nitrogen functional groups attached to an aromatic ring is 1. The summed E-state index contributed by atoms with van der Waals surface area (Å²) in [6, 6.07) is 16.7. The van der Waals surface area contributed by atoms with E-state index in [-0.39, 0.29) is 5.82 Å². The van der Waals surface area contributed by atoms with Gasteiger partial charge in [-0.3, -0.25) is 0 Å². The number of nitrogens with zero attached hydrogens (tertiary/aromatic N) is 1. The lowest BCUT2D eigenvalue weighted by Crippen LogP contribution is -1.91. The van der Waals surface area contributed by atoms with Crippen LogP contribution >= 0.6 is 11.3 Å². The first-order valence-electron chi connectivity index (χ1n) is 6.28. The van der Waals surface area contributed by atoms with Crippen molar-refractivity contribution < 1.29 is 4.39 Å². The number of hydrogen-bond donors (Lipinski definition) is 1. The molecule has 0 amide bonds. The van der Waals surface area contributed by atoms with E-state index in [4.69, 9.17) is 5.73 Å². The van der Waals surface area contributed by atoms with Gasteiger partial charge in [0.2, 0.25) is 0 Å². The number of aromatic nitrogens is 1. The topological polar surface area (TPSA) is 38.9 Å². The fourth-order valence-corrected chi connectivity index (χ4v) is 3.02. The van der Waals surface area contributed by atoms with Gasteiger partial charge in [-0.05, 0) is 17.7 Å². The number of anilines is 1. The molecule has 1 heterocycles. The molecule has 0 atom stereocenters. The predicted molar refractivity (Wildman–Crippen MR) is 81.2 cm³/mol. The van der Waals surface area contributed by atoms with Crippen LogP contribution in [0.25, 0.3) is 11.3 Å². The molecule has 4 heteroatoms. The third-order valence-corrected chi connectivity index (χ3v) is 3.93. The molecule has 1 aromatic heterocycles. The van der Waals surface area contributed by atoms with E-state index in [1.165, 1.54) is 17.4 Å². The van der Waals surface area contributed by atoms with Gasteiger partial charge in [0.15, 0.2) is 5.13 Å². The highest BCUT2D eigenvalue weighted by Crippen LogP contribution is 2.32. The summed E-state index contributed by atoms with van der Waals surface area (Å²) in [4.78, 5) is 5.28. The summed E-state index contributed by atoms with van der Waals surface area (Å²) >= 11 is 1.41. The largest absolute Gasteiger partial charge is 0.375 e. The number of rotatable bonds is 3. The molecule has 0 saturated heterocycles. The molecule has 0 fully saturated rings. The van der Waals surface area contributed by atoms with Crippen LogP contribution in [0.1, 0.15) is 10.4 Å². The van der Waals surface area contributed by atoms with Crippen LogP contribution in [-0.2, 0) is 6.42 Å². The zero-order valence-electron chi connectivity index (χ0n) is 10.7. The van der Waals surface area contributed by atoms with Crippen molar-refractivity contribution >= 4 is 16.5 Å². The highest BCUT2D eigenvalue weighted by molar-refractivity contribution is 7.15. The molecule has 0 bridgehead atoms. The summed E-state index contributed by atoms with van der Waals surface area (Å²) in [6.07, 6.45) is 0.708. The Morgan fingerprint density at radius 1 is 1.00 bits per heavy atom. The van der Waals surface area contributed by atoms with Crippen molar-refractivity contribution in [2.45, 2.75) is 6.42 Å². The summed E-state index contributed by atoms with van der Waals surface area (Å²) in [5, 5.41) is 0.467. The molecule has 2 N–H and O–H groups in total. The third-order valence-electron chi connectivity index (χ3n) is 3.05. The second kappa shape index (κ2) is 5.43. The second-order valence-corrected chi connectivity index (χ2v) is 5.58. The molecule has 3 rings (SSSR count). The fraction of sp³-hybridized carbons (Fsp3) is 0.0625. The Bertz CT molecular complexity index is 722. The van der Waals surface area contributed by atoms with Gasteiger partial charge in [-0.25, -0.2) is 9.37 Å². The van der Waals surface area contributed by atoms with Crippen LogP contribution < -0.4 is 5.73 Å². The molecular weight excluding hydrogens is 271 g/mol. The first-order chi connectivity index (χ1) is 9.74. The first-order valence-corrected chi connectivity index (χ1v) is 7.09. The van der Waals surface area contributed by atoms with Crippen molar-refractivity contribution in [3.63, 3.8) is 0 Å². The van der Waals surface area contributed by atoms with E-state index in [0.717, 1.165) is 10.4 Å². The Morgan fingerprint density at radius 2 is 1.70 bits per heavy atom. The van der Waals surface area contributed by atoms with E-state index in [1.54, 1.807) is 18.2 Å². The number of thiazole rings is 1. The van der Waals surface area contributed by atoms with Crippen LogP contribution in [0, 0.1) is 5.82 Å². The van der Waals surface area contributed by atoms with Crippen LogP contribution in [-0.4, -0.2) is 4.98 Å². The molecule has 100 valence electrons. The van der Waals surface area contributed by atoms with Gasteiger partial charge in [0, 0.05) is 16.9 Å². The predicted octanol–water partition coefficient (Wildman–Crippen LogP) is 4.12. The fourth-order valence-electron chi connectivity index (χ4n) is 2.13. The maximum atomic E-state index is 13.9. The lowest BCUT2D eigenvalue weighted by atomic mass is 10.1. The van der Waals surface area contributed by atoms with Crippen molar-refractivity contribution in [2.24, 2.45) is 0 Å². The SMILES string of the molecule is Nc1nc(-c2ccccc2F)c(Cc2ccccc2)s1. The Labute approximate surface area is 120 Å². The molecule has 2 aromatic carbocycles. The van der Waals surface area contributed by atoms with Gasteiger partial charge in [-0.15, -0.1) is 11.3 Å². The third kappa shape index (κ3) is 2.56. The molecule has 20 heavy (non-hydrogen) atoms. The van der Waals surface area contributed by atoms with E-state index >= 15 is 0 Å². The molecule has 0 unspecified atom stereocenters. The normalized spacial score (nSPS) is 10.7. The highest BCUT2D eigenvalue weighted by Gasteiger charge is 2.15. The van der Waals surface area contributed by atoms with E-state index in [1.807, 2.05) is 30.3 Å². The Morgan fingerprint density at radius 3 is 2.45 bits per heavy atom. The van der Waals surface area contributed by atoms with Gasteiger partial charge in [0.05, 0.1) is 5.69 Å². The lowest BCUT2D eigenvalue weighted by molar-refractivity contribution is 0.630. The Balaban J connectivity index is 2.03. The zero-order chi connectivity index (χ0) is 13.9. The number of halogens is 1. The smallest absolute Gasteiger partial charge is 0.180 e. The average molecular weight is 284 g/mol. The maximum Gasteiger partial charge on any atom is 0.180 e. The minimum atomic E-state index is -0.271. The van der Waals surface area contributed by atoms with Crippen molar-refractivity contribution in [3.05, 3.63) is 70.9 Å². The first kappa shape index (κ1) is 12.8. The van der Waals surface area contributed by atoms with Gasteiger partial charge in [-0.2, -0.15) is 0 Å². The van der Waals surface area contributed by atoms with Crippen LogP contribution in [0.15, 0.2) is 54.6 Å². The molecule has 0 aliphatic heterocycles. The maximum absolute atomic E-state index is 13.9. The Hall–Kier alpha value is -2.20. The molecule has 0 radical (unpaired) electrons. The number of hydrogen-bond acceptors (Lipinski definition) is 3. The second-order valence-electron chi connectivity index (χ2n) is 4.47. The highest BCUT2D eigenvalue weighted by atomic mass is 32.1. The molecule has 0 aliphatic carbocycles. The molecule has 3 aromatic rings. The van der Waals surface area contributed by atoms with Gasteiger partial charge in [-0.1, -0.05) is 42.5 Å². The zero-order valence-corrected chi connectivity index (χ0v) is 11.5. The molecule has 0 saturated carbocycles. The average Bonchev–Trinajstić information content (AvgIpc) is 2.81. The quantitative estimate of drug-likeness (QED) is 0.785. The molecular formula is C16H13FN2S. The summed E-state index contributed by atoms with van der Waals surface area (Å²) in [7, 11) is 0. The molecule has 0 aliphatic rings.